The molecule has 1 aliphatic heterocycles. The zero-order chi connectivity index (χ0) is 13.3. The normalized spacial score (nSPS) is 18.4. The van der Waals surface area contributed by atoms with Gasteiger partial charge in [-0.1, -0.05) is 13.0 Å². The zero-order valence-electron chi connectivity index (χ0n) is 10.8. The Labute approximate surface area is 107 Å². The molecule has 1 aliphatic rings. The number of hydrogen-bond donors (Lipinski definition) is 2. The lowest BCUT2D eigenvalue weighted by atomic mass is 10.0. The van der Waals surface area contributed by atoms with Crippen LogP contribution in [0.2, 0.25) is 0 Å². The number of carbonyl (C=O) groups is 1. The Bertz CT molecular complexity index is 468. The average molecular weight is 249 g/mol. The molecule has 1 aromatic carbocycles. The van der Waals surface area contributed by atoms with Gasteiger partial charge >= 0.3 is 5.97 Å². The minimum atomic E-state index is -0.892. The number of β-amino-alcohol motifs (C(OH)–C–C–N with tert-alkyl or cyclic N) is 1. The number of aromatic carboxylic acids is 1. The summed E-state index contributed by atoms with van der Waals surface area (Å²) in [4.78, 5) is 13.1. The molecule has 1 heterocycles. The van der Waals surface area contributed by atoms with Crippen molar-refractivity contribution < 1.29 is 15.0 Å². The molecular formula is C14H19NO3. The van der Waals surface area contributed by atoms with Gasteiger partial charge in [0.15, 0.2) is 0 Å². The summed E-state index contributed by atoms with van der Waals surface area (Å²) in [6.45, 7) is 5.91. The van der Waals surface area contributed by atoms with Crippen molar-refractivity contribution in [3.8, 4) is 0 Å². The van der Waals surface area contributed by atoms with Crippen molar-refractivity contribution in [2.45, 2.75) is 39.0 Å². The lowest BCUT2D eigenvalue weighted by molar-refractivity contribution is 0.0151. The second kappa shape index (κ2) is 4.71. The molecule has 0 aromatic heterocycles. The maximum absolute atomic E-state index is 10.9. The molecular weight excluding hydrogens is 230 g/mol. The predicted molar refractivity (Wildman–Crippen MR) is 68.4 cm³/mol. The highest BCUT2D eigenvalue weighted by Gasteiger charge is 2.26. The van der Waals surface area contributed by atoms with E-state index in [9.17, 15) is 9.90 Å². The van der Waals surface area contributed by atoms with E-state index in [2.05, 4.69) is 4.90 Å². The number of hydrogen-bond acceptors (Lipinski definition) is 3. The Balaban J connectivity index is 2.11. The van der Waals surface area contributed by atoms with Crippen LogP contribution in [0.15, 0.2) is 18.2 Å². The first-order chi connectivity index (χ1) is 8.41. The van der Waals surface area contributed by atoms with Crippen LogP contribution in [0.25, 0.3) is 0 Å². The third-order valence-corrected chi connectivity index (χ3v) is 3.57. The first-order valence-electron chi connectivity index (χ1n) is 6.21. The van der Waals surface area contributed by atoms with Gasteiger partial charge < -0.3 is 10.2 Å². The van der Waals surface area contributed by atoms with E-state index in [4.69, 9.17) is 5.11 Å². The molecule has 18 heavy (non-hydrogen) atoms. The van der Waals surface area contributed by atoms with Gasteiger partial charge in [0.05, 0.1) is 11.2 Å². The smallest absolute Gasteiger partial charge is 0.335 e. The van der Waals surface area contributed by atoms with Crippen molar-refractivity contribution in [3.63, 3.8) is 0 Å². The molecule has 1 atom stereocenters. The Hall–Kier alpha value is -1.39. The average Bonchev–Trinajstić information content (AvgIpc) is 2.68. The number of fused-ring (bicyclic) bond motifs is 1. The van der Waals surface area contributed by atoms with Crippen LogP contribution < -0.4 is 0 Å². The van der Waals surface area contributed by atoms with E-state index < -0.39 is 11.6 Å². The molecule has 2 rings (SSSR count). The number of carboxylic acids is 1. The SMILES string of the molecule is CCC(C)(O)CN1Cc2ccc(C(=O)O)cc2C1. The van der Waals surface area contributed by atoms with Crippen LogP contribution >= 0.6 is 0 Å². The van der Waals surface area contributed by atoms with Crippen molar-refractivity contribution in [1.29, 1.82) is 0 Å². The lowest BCUT2D eigenvalue weighted by Gasteiger charge is -2.27. The lowest BCUT2D eigenvalue weighted by Crippen LogP contribution is -2.37. The maximum Gasteiger partial charge on any atom is 0.335 e. The molecule has 0 bridgehead atoms. The largest absolute Gasteiger partial charge is 0.478 e. The first kappa shape index (κ1) is 13.1. The van der Waals surface area contributed by atoms with Crippen LogP contribution in [0.1, 0.15) is 41.8 Å². The van der Waals surface area contributed by atoms with Gasteiger partial charge in [0, 0.05) is 19.6 Å². The van der Waals surface area contributed by atoms with Crippen molar-refractivity contribution in [2.24, 2.45) is 0 Å². The minimum Gasteiger partial charge on any atom is -0.478 e. The molecule has 0 spiro atoms. The molecule has 0 fully saturated rings. The van der Waals surface area contributed by atoms with Crippen LogP contribution in [0.5, 0.6) is 0 Å². The maximum atomic E-state index is 10.9. The number of nitrogens with zero attached hydrogens (tertiary/aromatic N) is 1. The van der Waals surface area contributed by atoms with E-state index >= 15 is 0 Å². The summed E-state index contributed by atoms with van der Waals surface area (Å²) >= 11 is 0. The summed E-state index contributed by atoms with van der Waals surface area (Å²) in [6.07, 6.45) is 0.709. The summed E-state index contributed by atoms with van der Waals surface area (Å²) in [5.74, 6) is -0.892. The highest BCUT2D eigenvalue weighted by atomic mass is 16.4. The van der Waals surface area contributed by atoms with E-state index in [1.165, 1.54) is 0 Å². The van der Waals surface area contributed by atoms with E-state index in [1.54, 1.807) is 12.1 Å². The molecule has 0 radical (unpaired) electrons. The molecule has 0 aliphatic carbocycles. The first-order valence-corrected chi connectivity index (χ1v) is 6.21. The van der Waals surface area contributed by atoms with Crippen LogP contribution in [0, 0.1) is 0 Å². The third-order valence-electron chi connectivity index (χ3n) is 3.57. The third kappa shape index (κ3) is 2.71. The molecule has 0 amide bonds. The number of rotatable bonds is 4. The van der Waals surface area contributed by atoms with Crippen LogP contribution in [0.4, 0.5) is 0 Å². The van der Waals surface area contributed by atoms with Crippen molar-refractivity contribution in [2.75, 3.05) is 6.54 Å². The van der Waals surface area contributed by atoms with Gasteiger partial charge in [0.1, 0.15) is 0 Å². The van der Waals surface area contributed by atoms with Crippen molar-refractivity contribution in [3.05, 3.63) is 34.9 Å². The van der Waals surface area contributed by atoms with E-state index in [-0.39, 0.29) is 0 Å². The summed E-state index contributed by atoms with van der Waals surface area (Å²) in [6, 6.07) is 5.25. The second-order valence-electron chi connectivity index (χ2n) is 5.28. The van der Waals surface area contributed by atoms with Gasteiger partial charge in [0.2, 0.25) is 0 Å². The van der Waals surface area contributed by atoms with E-state index in [0.29, 0.717) is 25.1 Å². The van der Waals surface area contributed by atoms with E-state index in [0.717, 1.165) is 17.7 Å². The summed E-state index contributed by atoms with van der Waals surface area (Å²) in [5.41, 5.74) is 1.86. The van der Waals surface area contributed by atoms with Crippen LogP contribution in [0.3, 0.4) is 0 Å². The Morgan fingerprint density at radius 2 is 2.06 bits per heavy atom. The highest BCUT2D eigenvalue weighted by Crippen LogP contribution is 2.26. The minimum absolute atomic E-state index is 0.331. The number of carboxylic acid groups (broad SMARTS) is 1. The molecule has 0 saturated heterocycles. The second-order valence-corrected chi connectivity index (χ2v) is 5.28. The van der Waals surface area contributed by atoms with Gasteiger partial charge in [-0.15, -0.1) is 0 Å². The van der Waals surface area contributed by atoms with Gasteiger partial charge in [-0.3, -0.25) is 4.90 Å². The topological polar surface area (TPSA) is 60.8 Å². The standard InChI is InChI=1S/C14H19NO3/c1-3-14(2,18)9-15-7-11-5-4-10(13(16)17)6-12(11)8-15/h4-6,18H,3,7-9H2,1-2H3,(H,16,17). The molecule has 1 unspecified atom stereocenters. The van der Waals surface area contributed by atoms with Gasteiger partial charge in [0.25, 0.3) is 0 Å². The highest BCUT2D eigenvalue weighted by molar-refractivity contribution is 5.87. The van der Waals surface area contributed by atoms with Crippen LogP contribution in [-0.4, -0.2) is 33.2 Å². The Morgan fingerprint density at radius 1 is 1.39 bits per heavy atom. The molecule has 4 nitrogen and oxygen atoms in total. The van der Waals surface area contributed by atoms with Gasteiger partial charge in [-0.05, 0) is 36.6 Å². The molecule has 0 saturated carbocycles. The molecule has 98 valence electrons. The zero-order valence-corrected chi connectivity index (χ0v) is 10.8. The fourth-order valence-corrected chi connectivity index (χ4v) is 2.30. The Morgan fingerprint density at radius 3 is 2.67 bits per heavy atom. The Kier molecular flexibility index (Phi) is 3.41. The fourth-order valence-electron chi connectivity index (χ4n) is 2.30. The monoisotopic (exact) mass is 249 g/mol. The predicted octanol–water partition coefficient (Wildman–Crippen LogP) is 1.86. The summed E-state index contributed by atoms with van der Waals surface area (Å²) in [5, 5.41) is 19.0. The molecule has 2 N–H and O–H groups in total. The summed E-state index contributed by atoms with van der Waals surface area (Å²) in [7, 11) is 0. The number of aliphatic hydroxyl groups is 1. The van der Waals surface area contributed by atoms with Crippen molar-refractivity contribution >= 4 is 5.97 Å². The van der Waals surface area contributed by atoms with E-state index in [1.807, 2.05) is 19.9 Å². The van der Waals surface area contributed by atoms with Gasteiger partial charge in [-0.2, -0.15) is 0 Å². The summed E-state index contributed by atoms with van der Waals surface area (Å²) < 4.78 is 0. The van der Waals surface area contributed by atoms with Crippen molar-refractivity contribution in [1.82, 2.24) is 4.90 Å². The number of benzene rings is 1. The molecule has 4 heteroatoms. The van der Waals surface area contributed by atoms with Crippen LogP contribution in [-0.2, 0) is 13.1 Å². The molecule has 1 aromatic rings. The van der Waals surface area contributed by atoms with Gasteiger partial charge in [-0.25, -0.2) is 4.79 Å². The quantitative estimate of drug-likeness (QED) is 0.855. The fraction of sp³-hybridized carbons (Fsp3) is 0.500.